The van der Waals surface area contributed by atoms with Crippen molar-refractivity contribution >= 4 is 29.9 Å². The van der Waals surface area contributed by atoms with E-state index in [1.165, 1.54) is 16.7 Å². The molecule has 1 fully saturated rings. The van der Waals surface area contributed by atoms with Crippen LogP contribution in [0, 0.1) is 0 Å². The summed E-state index contributed by atoms with van der Waals surface area (Å²) in [5.74, 6) is 1.55. The van der Waals surface area contributed by atoms with Gasteiger partial charge in [0.15, 0.2) is 5.96 Å². The molecular formula is C23H37IN6. The summed E-state index contributed by atoms with van der Waals surface area (Å²) in [6, 6.07) is 8.91. The Morgan fingerprint density at radius 1 is 1.17 bits per heavy atom. The van der Waals surface area contributed by atoms with Crippen molar-refractivity contribution in [2.24, 2.45) is 12.0 Å². The predicted octanol–water partition coefficient (Wildman–Crippen LogP) is 3.83. The predicted molar refractivity (Wildman–Crippen MR) is 135 cm³/mol. The van der Waals surface area contributed by atoms with Crippen molar-refractivity contribution in [2.75, 3.05) is 32.7 Å². The van der Waals surface area contributed by atoms with E-state index >= 15 is 0 Å². The van der Waals surface area contributed by atoms with Crippen molar-refractivity contribution in [3.05, 3.63) is 53.3 Å². The molecular weight excluding hydrogens is 487 g/mol. The third-order valence-electron chi connectivity index (χ3n) is 5.75. The molecule has 2 heterocycles. The molecule has 0 amide bonds. The van der Waals surface area contributed by atoms with Gasteiger partial charge in [0.25, 0.3) is 0 Å². The lowest BCUT2D eigenvalue weighted by atomic mass is 10.0. The summed E-state index contributed by atoms with van der Waals surface area (Å²) in [4.78, 5) is 9.74. The van der Waals surface area contributed by atoms with Crippen LogP contribution in [0.15, 0.2) is 41.7 Å². The normalized spacial score (nSPS) is 16.8. The molecule has 0 saturated carbocycles. The van der Waals surface area contributed by atoms with Gasteiger partial charge in [0.1, 0.15) is 0 Å². The van der Waals surface area contributed by atoms with Crippen LogP contribution in [-0.2, 0) is 20.1 Å². The van der Waals surface area contributed by atoms with Crippen LogP contribution in [0.4, 0.5) is 0 Å². The van der Waals surface area contributed by atoms with Gasteiger partial charge in [0.2, 0.25) is 0 Å². The average molecular weight is 524 g/mol. The molecule has 3 rings (SSSR count). The van der Waals surface area contributed by atoms with E-state index in [9.17, 15) is 0 Å². The fourth-order valence-corrected chi connectivity index (χ4v) is 3.92. The second kappa shape index (κ2) is 12.3. The van der Waals surface area contributed by atoms with Gasteiger partial charge < -0.3 is 10.2 Å². The Bertz CT molecular complexity index is 781. The van der Waals surface area contributed by atoms with Crippen molar-refractivity contribution in [1.82, 2.24) is 24.9 Å². The first kappa shape index (κ1) is 24.7. The SMILES string of the molecule is CCNC(=NCc1ccc(CN(CC)CC)cc1)N1CCC(c2cnn(C)c2)C1.I. The van der Waals surface area contributed by atoms with Gasteiger partial charge in [0, 0.05) is 45.3 Å². The van der Waals surface area contributed by atoms with Crippen molar-refractivity contribution in [3.63, 3.8) is 0 Å². The van der Waals surface area contributed by atoms with Gasteiger partial charge in [-0.25, -0.2) is 4.99 Å². The Kier molecular flexibility index (Phi) is 10.1. The van der Waals surface area contributed by atoms with Crippen molar-refractivity contribution in [1.29, 1.82) is 0 Å². The number of hydrogen-bond acceptors (Lipinski definition) is 3. The lowest BCUT2D eigenvalue weighted by Crippen LogP contribution is -2.40. The number of benzene rings is 1. The van der Waals surface area contributed by atoms with E-state index < -0.39 is 0 Å². The van der Waals surface area contributed by atoms with Crippen LogP contribution in [0.5, 0.6) is 0 Å². The van der Waals surface area contributed by atoms with Gasteiger partial charge in [-0.05, 0) is 43.1 Å². The fourth-order valence-electron chi connectivity index (χ4n) is 3.92. The highest BCUT2D eigenvalue weighted by Gasteiger charge is 2.26. The van der Waals surface area contributed by atoms with E-state index in [2.05, 4.69) is 71.4 Å². The Hall–Kier alpha value is -1.61. The number of rotatable bonds is 8. The second-order valence-electron chi connectivity index (χ2n) is 7.83. The maximum Gasteiger partial charge on any atom is 0.194 e. The van der Waals surface area contributed by atoms with Crippen LogP contribution in [0.2, 0.25) is 0 Å². The van der Waals surface area contributed by atoms with Crippen LogP contribution >= 0.6 is 24.0 Å². The number of aryl methyl sites for hydroxylation is 1. The lowest BCUT2D eigenvalue weighted by Gasteiger charge is -2.21. The maximum atomic E-state index is 4.92. The van der Waals surface area contributed by atoms with Gasteiger partial charge in [-0.3, -0.25) is 9.58 Å². The minimum Gasteiger partial charge on any atom is -0.357 e. The zero-order chi connectivity index (χ0) is 20.6. The fraction of sp³-hybridized carbons (Fsp3) is 0.565. The minimum atomic E-state index is 0. The van der Waals surface area contributed by atoms with Gasteiger partial charge in [-0.2, -0.15) is 5.10 Å². The van der Waals surface area contributed by atoms with Crippen LogP contribution in [0.1, 0.15) is 49.8 Å². The largest absolute Gasteiger partial charge is 0.357 e. The molecule has 0 bridgehead atoms. The summed E-state index contributed by atoms with van der Waals surface area (Å²) in [6.07, 6.45) is 5.28. The number of nitrogens with zero attached hydrogens (tertiary/aromatic N) is 5. The van der Waals surface area contributed by atoms with E-state index in [1.54, 1.807) is 0 Å². The highest BCUT2D eigenvalue weighted by atomic mass is 127. The third kappa shape index (κ3) is 6.70. The van der Waals surface area contributed by atoms with E-state index in [0.29, 0.717) is 12.5 Å². The van der Waals surface area contributed by atoms with Crippen LogP contribution in [0.25, 0.3) is 0 Å². The average Bonchev–Trinajstić information content (AvgIpc) is 3.39. The topological polar surface area (TPSA) is 48.7 Å². The minimum absolute atomic E-state index is 0. The van der Waals surface area contributed by atoms with Crippen LogP contribution in [-0.4, -0.2) is 58.3 Å². The standard InChI is InChI=1S/C23H36N6.HI/c1-5-24-23(29-13-12-21(18-29)22-15-26-27(4)17-22)25-14-19-8-10-20(11-9-19)16-28(6-2)7-3;/h8-11,15,17,21H,5-7,12-14,16,18H2,1-4H3,(H,24,25);1H. The Labute approximate surface area is 198 Å². The molecule has 1 N–H and O–H groups in total. The third-order valence-corrected chi connectivity index (χ3v) is 5.75. The molecule has 1 aliphatic rings. The molecule has 30 heavy (non-hydrogen) atoms. The summed E-state index contributed by atoms with van der Waals surface area (Å²) < 4.78 is 1.89. The number of aromatic nitrogens is 2. The molecule has 0 aliphatic carbocycles. The smallest absolute Gasteiger partial charge is 0.194 e. The summed E-state index contributed by atoms with van der Waals surface area (Å²) >= 11 is 0. The molecule has 1 atom stereocenters. The van der Waals surface area contributed by atoms with Crippen molar-refractivity contribution in [2.45, 2.75) is 46.2 Å². The summed E-state index contributed by atoms with van der Waals surface area (Å²) in [5.41, 5.74) is 3.95. The monoisotopic (exact) mass is 524 g/mol. The summed E-state index contributed by atoms with van der Waals surface area (Å²) in [5, 5.41) is 7.80. The van der Waals surface area contributed by atoms with Gasteiger partial charge in [0.05, 0.1) is 12.7 Å². The molecule has 166 valence electrons. The van der Waals surface area contributed by atoms with Gasteiger partial charge >= 0.3 is 0 Å². The van der Waals surface area contributed by atoms with Crippen LogP contribution < -0.4 is 5.32 Å². The zero-order valence-corrected chi connectivity index (χ0v) is 21.2. The number of nitrogens with one attached hydrogen (secondary N) is 1. The van der Waals surface area contributed by atoms with E-state index in [4.69, 9.17) is 4.99 Å². The molecule has 0 spiro atoms. The molecule has 1 aliphatic heterocycles. The number of hydrogen-bond donors (Lipinski definition) is 1. The molecule has 6 nitrogen and oxygen atoms in total. The first-order valence-electron chi connectivity index (χ1n) is 10.9. The molecule has 1 aromatic carbocycles. The van der Waals surface area contributed by atoms with E-state index in [0.717, 1.165) is 51.6 Å². The summed E-state index contributed by atoms with van der Waals surface area (Å²) in [6.45, 7) is 13.4. The Balaban J connectivity index is 0.00000320. The first-order chi connectivity index (χ1) is 14.1. The highest BCUT2D eigenvalue weighted by molar-refractivity contribution is 14.0. The first-order valence-corrected chi connectivity index (χ1v) is 10.9. The van der Waals surface area contributed by atoms with Crippen LogP contribution in [0.3, 0.4) is 0 Å². The van der Waals surface area contributed by atoms with E-state index in [-0.39, 0.29) is 24.0 Å². The number of guanidine groups is 1. The molecule has 7 heteroatoms. The second-order valence-corrected chi connectivity index (χ2v) is 7.83. The quantitative estimate of drug-likeness (QED) is 0.324. The molecule has 0 radical (unpaired) electrons. The zero-order valence-electron chi connectivity index (χ0n) is 18.8. The maximum absolute atomic E-state index is 4.92. The van der Waals surface area contributed by atoms with Gasteiger partial charge in [-0.15, -0.1) is 24.0 Å². The Morgan fingerprint density at radius 3 is 2.47 bits per heavy atom. The summed E-state index contributed by atoms with van der Waals surface area (Å²) in [7, 11) is 1.98. The number of halogens is 1. The van der Waals surface area contributed by atoms with Crippen molar-refractivity contribution < 1.29 is 0 Å². The van der Waals surface area contributed by atoms with E-state index in [1.807, 2.05) is 17.9 Å². The number of likely N-dealkylation sites (tertiary alicyclic amines) is 1. The van der Waals surface area contributed by atoms with Crippen molar-refractivity contribution in [3.8, 4) is 0 Å². The molecule has 1 aromatic heterocycles. The Morgan fingerprint density at radius 2 is 1.87 bits per heavy atom. The van der Waals surface area contributed by atoms with Gasteiger partial charge in [-0.1, -0.05) is 38.1 Å². The lowest BCUT2D eigenvalue weighted by molar-refractivity contribution is 0.296. The molecule has 1 saturated heterocycles. The number of aliphatic imine (C=N–C) groups is 1. The highest BCUT2D eigenvalue weighted by Crippen LogP contribution is 2.26. The molecule has 2 aromatic rings. The molecule has 1 unspecified atom stereocenters.